The van der Waals surface area contributed by atoms with Gasteiger partial charge in [-0.1, -0.05) is 19.3 Å². The van der Waals surface area contributed by atoms with Crippen LogP contribution in [0.15, 0.2) is 47.4 Å². The van der Waals surface area contributed by atoms with Gasteiger partial charge in [-0.25, -0.2) is 18.0 Å². The molecule has 3 rings (SSSR count). The van der Waals surface area contributed by atoms with Crippen molar-refractivity contribution in [3.05, 3.63) is 48.0 Å². The fraction of sp³-hybridized carbons (Fsp3) is 0.391. The number of aromatic carboxylic acids is 1. The number of ether oxygens (including phenoxy) is 1. The monoisotopic (exact) mass is 532 g/mol. The van der Waals surface area contributed by atoms with Gasteiger partial charge in [0.25, 0.3) is 10.0 Å². The van der Waals surface area contributed by atoms with E-state index in [1.54, 1.807) is 24.3 Å². The molecule has 0 bridgehead atoms. The maximum absolute atomic E-state index is 12.6. The van der Waals surface area contributed by atoms with Crippen LogP contribution < -0.4 is 14.4 Å². The molecule has 0 aromatic heterocycles. The number of nitrogens with one attached hydrogen (secondary N) is 1. The molecule has 0 spiro atoms. The number of nitrogens with zero attached hydrogens (tertiary/aromatic N) is 1. The van der Waals surface area contributed by atoms with Gasteiger partial charge in [0, 0.05) is 18.8 Å². The number of benzene rings is 2. The molecule has 1 aliphatic heterocycles. The van der Waals surface area contributed by atoms with Gasteiger partial charge in [0.1, 0.15) is 5.75 Å². The van der Waals surface area contributed by atoms with Crippen molar-refractivity contribution in [3.8, 4) is 5.75 Å². The maximum atomic E-state index is 12.6. The smallest absolute Gasteiger partial charge is 0.490 e. The maximum Gasteiger partial charge on any atom is 0.490 e. The summed E-state index contributed by atoms with van der Waals surface area (Å²) in [4.78, 5) is 22.9. The van der Waals surface area contributed by atoms with Gasteiger partial charge < -0.3 is 19.8 Å². The van der Waals surface area contributed by atoms with E-state index in [2.05, 4.69) is 9.62 Å². The molecule has 13 heteroatoms. The lowest BCUT2D eigenvalue weighted by Gasteiger charge is -2.28. The normalized spacial score (nSPS) is 14.5. The largest absolute Gasteiger partial charge is 0.497 e. The quantitative estimate of drug-likeness (QED) is 0.492. The van der Waals surface area contributed by atoms with Crippen LogP contribution in [0, 0.1) is 0 Å². The predicted octanol–water partition coefficient (Wildman–Crippen LogP) is 4.60. The van der Waals surface area contributed by atoms with Crippen molar-refractivity contribution in [3.63, 3.8) is 0 Å². The van der Waals surface area contributed by atoms with Gasteiger partial charge in [0.05, 0.1) is 23.3 Å². The van der Waals surface area contributed by atoms with Gasteiger partial charge >= 0.3 is 18.1 Å². The lowest BCUT2D eigenvalue weighted by Crippen LogP contribution is -2.28. The zero-order valence-corrected chi connectivity index (χ0v) is 20.2. The van der Waals surface area contributed by atoms with Crippen LogP contribution in [-0.2, 0) is 14.8 Å². The van der Waals surface area contributed by atoms with Crippen LogP contribution in [0.25, 0.3) is 0 Å². The van der Waals surface area contributed by atoms with E-state index in [0.29, 0.717) is 11.4 Å². The molecule has 1 aliphatic rings. The number of halogens is 3. The summed E-state index contributed by atoms with van der Waals surface area (Å²) >= 11 is 0. The Hall–Kier alpha value is -3.48. The highest BCUT2D eigenvalue weighted by Gasteiger charge is 2.38. The van der Waals surface area contributed by atoms with Crippen LogP contribution >= 0.6 is 0 Å². The fourth-order valence-electron chi connectivity index (χ4n) is 3.50. The lowest BCUT2D eigenvalue weighted by molar-refractivity contribution is -0.192. The number of carbonyl (C=O) groups is 2. The fourth-order valence-corrected chi connectivity index (χ4v) is 4.55. The Kier molecular flexibility index (Phi) is 9.96. The second-order valence-electron chi connectivity index (χ2n) is 7.88. The van der Waals surface area contributed by atoms with Crippen LogP contribution in [0.3, 0.4) is 0 Å². The standard InChI is InChI=1S/C21H26N2O5S.C2HF3O2/c1-28-17-8-10-18(11-9-17)29(26,27)22-16-7-12-20(19(15-16)21(24)25)23-13-5-3-2-4-6-14-23;3-2(4,5)1(6)7/h7-12,15,22H,2-6,13-14H2,1H3,(H,24,25);(H,6,7). The number of carboxylic acids is 2. The van der Waals surface area contributed by atoms with Crippen LogP contribution in [-0.4, -0.2) is 56.9 Å². The number of hydrogen-bond acceptors (Lipinski definition) is 6. The molecule has 198 valence electrons. The summed E-state index contributed by atoms with van der Waals surface area (Å²) in [6.07, 6.45) is 0.443. The zero-order chi connectivity index (χ0) is 26.9. The number of sulfonamides is 1. The Labute approximate surface area is 206 Å². The van der Waals surface area contributed by atoms with E-state index >= 15 is 0 Å². The van der Waals surface area contributed by atoms with Crippen molar-refractivity contribution in [2.45, 2.75) is 43.2 Å². The SMILES string of the molecule is COc1ccc(S(=O)(=O)Nc2ccc(N3CCCCCCC3)c(C(=O)O)c2)cc1.O=C(O)C(F)(F)F. The minimum Gasteiger partial charge on any atom is -0.497 e. The molecule has 0 radical (unpaired) electrons. The topological polar surface area (TPSA) is 133 Å². The van der Waals surface area contributed by atoms with Crippen molar-refractivity contribution in [1.82, 2.24) is 0 Å². The van der Waals surface area contributed by atoms with E-state index < -0.39 is 28.1 Å². The van der Waals surface area contributed by atoms with Crippen LogP contribution in [0.5, 0.6) is 5.75 Å². The molecule has 0 saturated carbocycles. The van der Waals surface area contributed by atoms with Gasteiger partial charge in [-0.2, -0.15) is 13.2 Å². The number of anilines is 2. The number of carboxylic acid groups (broad SMARTS) is 2. The van der Waals surface area contributed by atoms with Gasteiger partial charge in [-0.3, -0.25) is 4.72 Å². The summed E-state index contributed by atoms with van der Waals surface area (Å²) in [6, 6.07) is 10.7. The second-order valence-corrected chi connectivity index (χ2v) is 9.56. The molecular weight excluding hydrogens is 505 g/mol. The molecule has 0 aliphatic carbocycles. The molecule has 0 amide bonds. The second kappa shape index (κ2) is 12.5. The van der Waals surface area contributed by atoms with Crippen LogP contribution in [0.2, 0.25) is 0 Å². The minimum atomic E-state index is -5.08. The van der Waals surface area contributed by atoms with Crippen molar-refractivity contribution in [1.29, 1.82) is 0 Å². The van der Waals surface area contributed by atoms with Gasteiger partial charge in [-0.05, 0) is 55.3 Å². The summed E-state index contributed by atoms with van der Waals surface area (Å²) in [6.45, 7) is 1.61. The first kappa shape index (κ1) is 28.8. The van der Waals surface area contributed by atoms with Crippen molar-refractivity contribution >= 4 is 33.3 Å². The number of rotatable bonds is 6. The first-order chi connectivity index (χ1) is 16.8. The predicted molar refractivity (Wildman–Crippen MR) is 126 cm³/mol. The third-order valence-corrected chi connectivity index (χ3v) is 6.69. The molecule has 2 aromatic carbocycles. The first-order valence-corrected chi connectivity index (χ1v) is 12.4. The number of methoxy groups -OCH3 is 1. The lowest BCUT2D eigenvalue weighted by atomic mass is 10.1. The van der Waals surface area contributed by atoms with Gasteiger partial charge in [-0.15, -0.1) is 0 Å². The molecule has 36 heavy (non-hydrogen) atoms. The molecular formula is C23H27F3N2O7S. The highest BCUT2D eigenvalue weighted by molar-refractivity contribution is 7.92. The third-order valence-electron chi connectivity index (χ3n) is 5.29. The Balaban J connectivity index is 0.000000572. The summed E-state index contributed by atoms with van der Waals surface area (Å²) in [5.74, 6) is -3.28. The highest BCUT2D eigenvalue weighted by atomic mass is 32.2. The molecule has 0 atom stereocenters. The van der Waals surface area contributed by atoms with Gasteiger partial charge in [0.15, 0.2) is 0 Å². The van der Waals surface area contributed by atoms with Gasteiger partial charge in [0.2, 0.25) is 0 Å². The summed E-state index contributed by atoms with van der Waals surface area (Å²) < 4.78 is 64.5. The average Bonchev–Trinajstić information content (AvgIpc) is 2.79. The van der Waals surface area contributed by atoms with Crippen molar-refractivity contribution in [2.24, 2.45) is 0 Å². The van der Waals surface area contributed by atoms with E-state index in [1.807, 2.05) is 0 Å². The molecule has 1 fully saturated rings. The molecule has 3 N–H and O–H groups in total. The summed E-state index contributed by atoms with van der Waals surface area (Å²) in [7, 11) is -2.34. The van der Waals surface area contributed by atoms with Crippen molar-refractivity contribution < 1.29 is 46.1 Å². The van der Waals surface area contributed by atoms with E-state index in [4.69, 9.17) is 14.6 Å². The molecule has 1 heterocycles. The molecule has 9 nitrogen and oxygen atoms in total. The van der Waals surface area contributed by atoms with E-state index in [0.717, 1.165) is 38.8 Å². The van der Waals surface area contributed by atoms with E-state index in [-0.39, 0.29) is 16.1 Å². The molecule has 0 unspecified atom stereocenters. The Morgan fingerprint density at radius 2 is 1.47 bits per heavy atom. The van der Waals surface area contributed by atoms with E-state index in [9.17, 15) is 31.5 Å². The van der Waals surface area contributed by atoms with Crippen LogP contribution in [0.1, 0.15) is 42.5 Å². The minimum absolute atomic E-state index is 0.0722. The highest BCUT2D eigenvalue weighted by Crippen LogP contribution is 2.28. The molecule has 1 saturated heterocycles. The number of hydrogen-bond donors (Lipinski definition) is 3. The first-order valence-electron chi connectivity index (χ1n) is 10.9. The third kappa shape index (κ3) is 8.33. The number of aliphatic carboxylic acids is 1. The molecule has 2 aromatic rings. The van der Waals surface area contributed by atoms with E-state index in [1.165, 1.54) is 31.7 Å². The Morgan fingerprint density at radius 3 is 1.94 bits per heavy atom. The zero-order valence-electron chi connectivity index (χ0n) is 19.4. The summed E-state index contributed by atoms with van der Waals surface area (Å²) in [5, 5.41) is 16.8. The van der Waals surface area contributed by atoms with Crippen molar-refractivity contribution in [2.75, 3.05) is 29.8 Å². The Bertz CT molecular complexity index is 1150. The number of alkyl halides is 3. The average molecular weight is 533 g/mol. The van der Waals surface area contributed by atoms with Crippen LogP contribution in [0.4, 0.5) is 24.5 Å². The summed E-state index contributed by atoms with van der Waals surface area (Å²) in [5.41, 5.74) is 0.946. The Morgan fingerprint density at radius 1 is 0.944 bits per heavy atom.